The maximum Gasteiger partial charge on any atom is 0.0410 e. The molecule has 0 aliphatic carbocycles. The standard InChI is InChI=1S/C16H25ClN2/c1-11-6-7-19(10-12(11)2)16-5-4-15(17)9-14(16)8-13(3)18/h4-5,9,11-13H,6-8,10,18H2,1-3H3. The van der Waals surface area contributed by atoms with Gasteiger partial charge in [0, 0.05) is 29.8 Å². The summed E-state index contributed by atoms with van der Waals surface area (Å²) in [6.45, 7) is 9.02. The van der Waals surface area contributed by atoms with Gasteiger partial charge < -0.3 is 10.6 Å². The largest absolute Gasteiger partial charge is 0.371 e. The van der Waals surface area contributed by atoms with Crippen LogP contribution in [0, 0.1) is 11.8 Å². The summed E-state index contributed by atoms with van der Waals surface area (Å²) >= 11 is 6.13. The molecule has 1 aromatic carbocycles. The van der Waals surface area contributed by atoms with E-state index in [-0.39, 0.29) is 6.04 Å². The van der Waals surface area contributed by atoms with Gasteiger partial charge in [0.2, 0.25) is 0 Å². The lowest BCUT2D eigenvalue weighted by Crippen LogP contribution is -2.39. The van der Waals surface area contributed by atoms with Crippen LogP contribution in [0.1, 0.15) is 32.8 Å². The van der Waals surface area contributed by atoms with Crippen molar-refractivity contribution in [3.8, 4) is 0 Å². The molecular weight excluding hydrogens is 256 g/mol. The SMILES string of the molecule is CC(N)Cc1cc(Cl)ccc1N1CCC(C)C(C)C1. The van der Waals surface area contributed by atoms with Gasteiger partial charge in [-0.2, -0.15) is 0 Å². The summed E-state index contributed by atoms with van der Waals surface area (Å²) < 4.78 is 0. The summed E-state index contributed by atoms with van der Waals surface area (Å²) in [5.41, 5.74) is 8.56. The molecule has 0 bridgehead atoms. The van der Waals surface area contributed by atoms with E-state index in [1.165, 1.54) is 17.7 Å². The van der Waals surface area contributed by atoms with Gasteiger partial charge in [-0.25, -0.2) is 0 Å². The fraction of sp³-hybridized carbons (Fsp3) is 0.625. The molecule has 1 fully saturated rings. The third-order valence-electron chi connectivity index (χ3n) is 4.26. The minimum Gasteiger partial charge on any atom is -0.371 e. The van der Waals surface area contributed by atoms with Gasteiger partial charge in [-0.1, -0.05) is 25.4 Å². The lowest BCUT2D eigenvalue weighted by molar-refractivity contribution is 0.323. The number of nitrogens with two attached hydrogens (primary N) is 1. The first kappa shape index (κ1) is 14.7. The van der Waals surface area contributed by atoms with Crippen LogP contribution in [0.15, 0.2) is 18.2 Å². The molecule has 1 aromatic rings. The fourth-order valence-electron chi connectivity index (χ4n) is 2.85. The van der Waals surface area contributed by atoms with Crippen LogP contribution in [0.25, 0.3) is 0 Å². The van der Waals surface area contributed by atoms with E-state index in [4.69, 9.17) is 17.3 Å². The Morgan fingerprint density at radius 2 is 2.11 bits per heavy atom. The van der Waals surface area contributed by atoms with Crippen LogP contribution in [0.5, 0.6) is 0 Å². The van der Waals surface area contributed by atoms with Crippen LogP contribution < -0.4 is 10.6 Å². The minimum atomic E-state index is 0.165. The van der Waals surface area contributed by atoms with Gasteiger partial charge in [0.1, 0.15) is 0 Å². The monoisotopic (exact) mass is 280 g/mol. The quantitative estimate of drug-likeness (QED) is 0.914. The number of rotatable bonds is 3. The van der Waals surface area contributed by atoms with Crippen molar-refractivity contribution in [1.29, 1.82) is 0 Å². The van der Waals surface area contributed by atoms with Crippen molar-refractivity contribution in [1.82, 2.24) is 0 Å². The van der Waals surface area contributed by atoms with Crippen LogP contribution >= 0.6 is 11.6 Å². The molecule has 1 aliphatic heterocycles. The number of nitrogens with zero attached hydrogens (tertiary/aromatic N) is 1. The summed E-state index contributed by atoms with van der Waals surface area (Å²) in [7, 11) is 0. The van der Waals surface area contributed by atoms with E-state index in [0.29, 0.717) is 0 Å². The van der Waals surface area contributed by atoms with Crippen LogP contribution in [-0.2, 0) is 6.42 Å². The van der Waals surface area contributed by atoms with Gasteiger partial charge in [0.15, 0.2) is 0 Å². The van der Waals surface area contributed by atoms with E-state index in [0.717, 1.165) is 36.4 Å². The highest BCUT2D eigenvalue weighted by Crippen LogP contribution is 2.31. The lowest BCUT2D eigenvalue weighted by atomic mass is 9.88. The Kier molecular flexibility index (Phi) is 4.75. The highest BCUT2D eigenvalue weighted by atomic mass is 35.5. The average Bonchev–Trinajstić information content (AvgIpc) is 2.32. The molecule has 1 saturated heterocycles. The van der Waals surface area contributed by atoms with E-state index >= 15 is 0 Å². The average molecular weight is 281 g/mol. The Balaban J connectivity index is 2.23. The molecule has 1 heterocycles. The summed E-state index contributed by atoms with van der Waals surface area (Å²) in [5, 5.41) is 0.804. The second kappa shape index (κ2) is 6.15. The molecule has 0 amide bonds. The molecule has 2 rings (SSSR count). The number of hydrogen-bond donors (Lipinski definition) is 1. The number of anilines is 1. The third kappa shape index (κ3) is 3.64. The molecule has 1 aliphatic rings. The number of hydrogen-bond acceptors (Lipinski definition) is 2. The Hall–Kier alpha value is -0.730. The molecule has 0 radical (unpaired) electrons. The maximum atomic E-state index is 6.13. The summed E-state index contributed by atoms with van der Waals surface area (Å²) in [5.74, 6) is 1.56. The second-order valence-corrected chi connectivity index (χ2v) is 6.58. The van der Waals surface area contributed by atoms with Gasteiger partial charge in [-0.05, 0) is 55.4 Å². The van der Waals surface area contributed by atoms with Gasteiger partial charge >= 0.3 is 0 Å². The highest BCUT2D eigenvalue weighted by Gasteiger charge is 2.24. The molecule has 0 spiro atoms. The van der Waals surface area contributed by atoms with Crippen LogP contribution in [0.4, 0.5) is 5.69 Å². The number of benzene rings is 1. The van der Waals surface area contributed by atoms with Gasteiger partial charge in [-0.3, -0.25) is 0 Å². The molecule has 106 valence electrons. The zero-order valence-electron chi connectivity index (χ0n) is 12.2. The van der Waals surface area contributed by atoms with Crippen molar-refractivity contribution >= 4 is 17.3 Å². The van der Waals surface area contributed by atoms with Crippen molar-refractivity contribution in [2.24, 2.45) is 17.6 Å². The minimum absolute atomic E-state index is 0.165. The predicted molar refractivity (Wildman–Crippen MR) is 84.0 cm³/mol. The smallest absolute Gasteiger partial charge is 0.0410 e. The van der Waals surface area contributed by atoms with Gasteiger partial charge in [0.25, 0.3) is 0 Å². The highest BCUT2D eigenvalue weighted by molar-refractivity contribution is 6.30. The Morgan fingerprint density at radius 3 is 2.74 bits per heavy atom. The van der Waals surface area contributed by atoms with Crippen molar-refractivity contribution in [2.45, 2.75) is 39.7 Å². The lowest BCUT2D eigenvalue weighted by Gasteiger charge is -2.38. The number of halogens is 1. The van der Waals surface area contributed by atoms with Crippen LogP contribution in [0.3, 0.4) is 0 Å². The molecule has 3 heteroatoms. The topological polar surface area (TPSA) is 29.3 Å². The zero-order valence-corrected chi connectivity index (χ0v) is 13.0. The van der Waals surface area contributed by atoms with Gasteiger partial charge in [-0.15, -0.1) is 0 Å². The molecule has 3 unspecified atom stereocenters. The molecule has 0 saturated carbocycles. The van der Waals surface area contributed by atoms with E-state index in [9.17, 15) is 0 Å². The Bertz CT molecular complexity index is 431. The van der Waals surface area contributed by atoms with Crippen LogP contribution in [-0.4, -0.2) is 19.1 Å². The first-order valence-corrected chi connectivity index (χ1v) is 7.64. The van der Waals surface area contributed by atoms with Crippen molar-refractivity contribution in [3.05, 3.63) is 28.8 Å². The van der Waals surface area contributed by atoms with Gasteiger partial charge in [0.05, 0.1) is 0 Å². The molecule has 2 N–H and O–H groups in total. The van der Waals surface area contributed by atoms with Crippen molar-refractivity contribution in [3.63, 3.8) is 0 Å². The van der Waals surface area contributed by atoms with Crippen LogP contribution in [0.2, 0.25) is 5.02 Å². The Morgan fingerprint density at radius 1 is 1.37 bits per heavy atom. The first-order chi connectivity index (χ1) is 8.97. The van der Waals surface area contributed by atoms with E-state index in [1.54, 1.807) is 0 Å². The predicted octanol–water partition coefficient (Wildman–Crippen LogP) is 3.71. The normalized spacial score (nSPS) is 25.4. The molecule has 2 nitrogen and oxygen atoms in total. The molecule has 3 atom stereocenters. The van der Waals surface area contributed by atoms with Crippen molar-refractivity contribution in [2.75, 3.05) is 18.0 Å². The maximum absolute atomic E-state index is 6.13. The summed E-state index contributed by atoms with van der Waals surface area (Å²) in [4.78, 5) is 2.50. The zero-order chi connectivity index (χ0) is 14.0. The first-order valence-electron chi connectivity index (χ1n) is 7.26. The second-order valence-electron chi connectivity index (χ2n) is 6.14. The third-order valence-corrected chi connectivity index (χ3v) is 4.49. The molecule has 19 heavy (non-hydrogen) atoms. The molecular formula is C16H25ClN2. The fourth-order valence-corrected chi connectivity index (χ4v) is 3.05. The van der Waals surface area contributed by atoms with E-state index in [2.05, 4.69) is 30.9 Å². The van der Waals surface area contributed by atoms with E-state index < -0.39 is 0 Å². The molecule has 0 aromatic heterocycles. The van der Waals surface area contributed by atoms with Crippen molar-refractivity contribution < 1.29 is 0 Å². The van der Waals surface area contributed by atoms with E-state index in [1.807, 2.05) is 13.0 Å². The summed E-state index contributed by atoms with van der Waals surface area (Å²) in [6, 6.07) is 6.38. The summed E-state index contributed by atoms with van der Waals surface area (Å²) in [6.07, 6.45) is 2.15. The Labute approximate surface area is 121 Å². The number of piperidine rings is 1.